The van der Waals surface area contributed by atoms with Gasteiger partial charge in [0.1, 0.15) is 0 Å². The summed E-state index contributed by atoms with van der Waals surface area (Å²) in [6.07, 6.45) is 16.0. The second-order valence-corrected chi connectivity index (χ2v) is 3.96. The standard InChI is InChI=1S/C13H19N5/c1-2-18(17-11-7-4-8-12-17)13(14)15-16-9-5-3-6-10-16/h3-9,11H,2,10,12H2,1H3,(H2,14,15). The number of hydrogen-bond acceptors (Lipinski definition) is 3. The predicted molar refractivity (Wildman–Crippen MR) is 74.0 cm³/mol. The van der Waals surface area contributed by atoms with Crippen molar-refractivity contribution in [3.8, 4) is 0 Å². The molecule has 0 spiro atoms. The minimum atomic E-state index is 0.498. The summed E-state index contributed by atoms with van der Waals surface area (Å²) in [5.41, 5.74) is 6.07. The number of rotatable bonds is 3. The first-order valence-corrected chi connectivity index (χ1v) is 6.12. The highest BCUT2D eigenvalue weighted by Crippen LogP contribution is 2.06. The quantitative estimate of drug-likeness (QED) is 0.600. The molecule has 5 nitrogen and oxygen atoms in total. The van der Waals surface area contributed by atoms with E-state index in [4.69, 9.17) is 5.73 Å². The van der Waals surface area contributed by atoms with Crippen molar-refractivity contribution in [2.45, 2.75) is 6.92 Å². The third-order valence-electron chi connectivity index (χ3n) is 2.70. The van der Waals surface area contributed by atoms with Crippen LogP contribution in [-0.4, -0.2) is 40.6 Å². The van der Waals surface area contributed by atoms with Crippen molar-refractivity contribution in [2.24, 2.45) is 10.8 Å². The Kier molecular flexibility index (Phi) is 4.06. The second kappa shape index (κ2) is 5.95. The average Bonchev–Trinajstić information content (AvgIpc) is 2.42. The molecule has 2 aliphatic rings. The Morgan fingerprint density at radius 3 is 2.44 bits per heavy atom. The highest BCUT2D eigenvalue weighted by molar-refractivity contribution is 5.77. The van der Waals surface area contributed by atoms with E-state index in [9.17, 15) is 0 Å². The SMILES string of the molecule is CCN(C(N)=NN1C=CC=CC1)N1C=CC=CC1. The van der Waals surface area contributed by atoms with Crippen LogP contribution in [0.1, 0.15) is 6.92 Å². The van der Waals surface area contributed by atoms with Gasteiger partial charge in [-0.15, -0.1) is 5.10 Å². The van der Waals surface area contributed by atoms with Gasteiger partial charge >= 0.3 is 0 Å². The van der Waals surface area contributed by atoms with E-state index in [0.717, 1.165) is 19.6 Å². The molecule has 18 heavy (non-hydrogen) atoms. The van der Waals surface area contributed by atoms with Gasteiger partial charge in [0.25, 0.3) is 0 Å². The Morgan fingerprint density at radius 2 is 1.89 bits per heavy atom. The van der Waals surface area contributed by atoms with E-state index in [2.05, 4.69) is 18.1 Å². The molecule has 2 rings (SSSR count). The molecule has 0 amide bonds. The van der Waals surface area contributed by atoms with E-state index >= 15 is 0 Å². The van der Waals surface area contributed by atoms with Crippen molar-refractivity contribution in [2.75, 3.05) is 19.6 Å². The number of hydrazone groups is 1. The maximum atomic E-state index is 6.07. The minimum absolute atomic E-state index is 0.498. The second-order valence-electron chi connectivity index (χ2n) is 3.96. The monoisotopic (exact) mass is 245 g/mol. The van der Waals surface area contributed by atoms with Gasteiger partial charge < -0.3 is 5.73 Å². The molecule has 0 aromatic rings. The Morgan fingerprint density at radius 1 is 1.17 bits per heavy atom. The summed E-state index contributed by atoms with van der Waals surface area (Å²) in [5.74, 6) is 0.498. The smallest absolute Gasteiger partial charge is 0.233 e. The number of allylic oxidation sites excluding steroid dienone is 4. The summed E-state index contributed by atoms with van der Waals surface area (Å²) < 4.78 is 0. The average molecular weight is 245 g/mol. The van der Waals surface area contributed by atoms with E-state index in [1.54, 1.807) is 0 Å². The van der Waals surface area contributed by atoms with Crippen LogP contribution in [0.15, 0.2) is 54.0 Å². The molecule has 0 aromatic heterocycles. The van der Waals surface area contributed by atoms with Gasteiger partial charge in [0.05, 0.1) is 13.1 Å². The molecule has 0 aliphatic carbocycles. The Labute approximate surface area is 108 Å². The lowest BCUT2D eigenvalue weighted by Crippen LogP contribution is -2.48. The molecule has 0 saturated carbocycles. The Bertz CT molecular complexity index is 419. The summed E-state index contributed by atoms with van der Waals surface area (Å²) >= 11 is 0. The lowest BCUT2D eigenvalue weighted by Gasteiger charge is -2.34. The molecular formula is C13H19N5. The highest BCUT2D eigenvalue weighted by Gasteiger charge is 2.13. The van der Waals surface area contributed by atoms with Crippen LogP contribution in [0.25, 0.3) is 0 Å². The lowest BCUT2D eigenvalue weighted by molar-refractivity contribution is 0.119. The zero-order chi connectivity index (χ0) is 12.8. The number of nitrogens with two attached hydrogens (primary N) is 1. The Hall–Kier alpha value is -2.17. The van der Waals surface area contributed by atoms with Gasteiger partial charge in [0.15, 0.2) is 0 Å². The third kappa shape index (κ3) is 2.94. The van der Waals surface area contributed by atoms with Crippen LogP contribution in [0.4, 0.5) is 0 Å². The molecular weight excluding hydrogens is 226 g/mol. The number of hydrogen-bond donors (Lipinski definition) is 1. The molecule has 96 valence electrons. The van der Waals surface area contributed by atoms with Crippen molar-refractivity contribution < 1.29 is 0 Å². The molecule has 2 N–H and O–H groups in total. The summed E-state index contributed by atoms with van der Waals surface area (Å²) in [7, 11) is 0. The molecule has 0 saturated heterocycles. The van der Waals surface area contributed by atoms with Crippen molar-refractivity contribution in [1.82, 2.24) is 15.0 Å². The van der Waals surface area contributed by atoms with Gasteiger partial charge in [-0.3, -0.25) is 15.0 Å². The van der Waals surface area contributed by atoms with Crippen LogP contribution in [0.3, 0.4) is 0 Å². The van der Waals surface area contributed by atoms with Crippen LogP contribution in [0, 0.1) is 0 Å². The summed E-state index contributed by atoms with van der Waals surface area (Å²) in [4.78, 5) is 0. The molecule has 0 aromatic carbocycles. The third-order valence-corrected chi connectivity index (χ3v) is 2.70. The first-order valence-electron chi connectivity index (χ1n) is 6.12. The Balaban J connectivity index is 2.04. The first-order chi connectivity index (χ1) is 8.81. The van der Waals surface area contributed by atoms with Crippen LogP contribution in [-0.2, 0) is 0 Å². The van der Waals surface area contributed by atoms with Crippen LogP contribution in [0.2, 0.25) is 0 Å². The van der Waals surface area contributed by atoms with Crippen LogP contribution in [0.5, 0.6) is 0 Å². The fourth-order valence-corrected chi connectivity index (χ4v) is 1.83. The van der Waals surface area contributed by atoms with Gasteiger partial charge in [0, 0.05) is 18.9 Å². The molecule has 0 radical (unpaired) electrons. The fourth-order valence-electron chi connectivity index (χ4n) is 1.83. The van der Waals surface area contributed by atoms with Gasteiger partial charge in [-0.05, 0) is 19.1 Å². The first kappa shape index (κ1) is 12.3. The predicted octanol–water partition coefficient (Wildman–Crippen LogP) is 1.22. The van der Waals surface area contributed by atoms with E-state index in [1.807, 2.05) is 57.8 Å². The zero-order valence-corrected chi connectivity index (χ0v) is 10.6. The zero-order valence-electron chi connectivity index (χ0n) is 10.6. The molecule has 2 heterocycles. The summed E-state index contributed by atoms with van der Waals surface area (Å²) in [6, 6.07) is 0. The van der Waals surface area contributed by atoms with Crippen LogP contribution >= 0.6 is 0 Å². The molecule has 0 atom stereocenters. The molecule has 0 fully saturated rings. The molecule has 5 heteroatoms. The van der Waals surface area contributed by atoms with Gasteiger partial charge in [-0.25, -0.2) is 0 Å². The maximum absolute atomic E-state index is 6.07. The molecule has 0 unspecified atom stereocenters. The molecule has 2 aliphatic heterocycles. The largest absolute Gasteiger partial charge is 0.367 e. The van der Waals surface area contributed by atoms with E-state index < -0.39 is 0 Å². The number of hydrazine groups is 1. The van der Waals surface area contributed by atoms with E-state index in [1.165, 1.54) is 0 Å². The number of guanidine groups is 1. The summed E-state index contributed by atoms with van der Waals surface area (Å²) in [5, 5.41) is 10.2. The van der Waals surface area contributed by atoms with Gasteiger partial charge in [0.2, 0.25) is 5.96 Å². The van der Waals surface area contributed by atoms with Crippen molar-refractivity contribution in [1.29, 1.82) is 0 Å². The van der Waals surface area contributed by atoms with E-state index in [0.29, 0.717) is 5.96 Å². The van der Waals surface area contributed by atoms with Gasteiger partial charge in [-0.2, -0.15) is 0 Å². The van der Waals surface area contributed by atoms with Crippen LogP contribution < -0.4 is 5.73 Å². The maximum Gasteiger partial charge on any atom is 0.233 e. The molecule has 0 bridgehead atoms. The normalized spacial score (nSPS) is 18.6. The number of nitrogens with zero attached hydrogens (tertiary/aromatic N) is 4. The van der Waals surface area contributed by atoms with Crippen molar-refractivity contribution >= 4 is 5.96 Å². The topological polar surface area (TPSA) is 48.1 Å². The van der Waals surface area contributed by atoms with Gasteiger partial charge in [-0.1, -0.05) is 24.3 Å². The lowest BCUT2D eigenvalue weighted by atomic mass is 10.4. The fraction of sp³-hybridized carbons (Fsp3) is 0.308. The highest BCUT2D eigenvalue weighted by atomic mass is 15.7. The van der Waals surface area contributed by atoms with Crippen molar-refractivity contribution in [3.05, 3.63) is 48.9 Å². The minimum Gasteiger partial charge on any atom is -0.367 e. The van der Waals surface area contributed by atoms with Crippen molar-refractivity contribution in [3.63, 3.8) is 0 Å². The van der Waals surface area contributed by atoms with E-state index in [-0.39, 0.29) is 0 Å². The summed E-state index contributed by atoms with van der Waals surface area (Å²) in [6.45, 7) is 4.40.